The topological polar surface area (TPSA) is 78.7 Å². The molecule has 1 aromatic rings. The number of nitrogens with one attached hydrogen (secondary N) is 1. The Morgan fingerprint density at radius 3 is 2.71 bits per heavy atom. The Morgan fingerprint density at radius 1 is 1.43 bits per heavy atom. The first-order valence-electron chi connectivity index (χ1n) is 6.30. The Bertz CT molecular complexity index is 608. The number of nitrogens with zero attached hydrogens (tertiary/aromatic N) is 2. The first-order chi connectivity index (χ1) is 9.88. The number of nitrogens with two attached hydrogens (primary N) is 1. The Balaban J connectivity index is 2.09. The number of urea groups is 1. The first kappa shape index (κ1) is 15.5. The summed E-state index contributed by atoms with van der Waals surface area (Å²) in [4.78, 5) is 27.0. The monoisotopic (exact) mass is 326 g/mol. The molecule has 1 aliphatic heterocycles. The van der Waals surface area contributed by atoms with Gasteiger partial charge in [0, 0.05) is 23.8 Å². The van der Waals surface area contributed by atoms with Gasteiger partial charge in [0.05, 0.1) is 0 Å². The maximum atomic E-state index is 12.2. The molecule has 0 aromatic heterocycles. The summed E-state index contributed by atoms with van der Waals surface area (Å²) in [7, 11) is 0. The number of carbonyl (C=O) groups is 2. The van der Waals surface area contributed by atoms with E-state index in [1.165, 1.54) is 4.90 Å². The van der Waals surface area contributed by atoms with E-state index in [2.05, 4.69) is 17.5 Å². The van der Waals surface area contributed by atoms with Gasteiger partial charge in [-0.3, -0.25) is 10.1 Å². The van der Waals surface area contributed by atoms with E-state index < -0.39 is 6.03 Å². The summed E-state index contributed by atoms with van der Waals surface area (Å²) >= 11 is 10.5. The highest BCUT2D eigenvalue weighted by Gasteiger charge is 2.28. The minimum absolute atomic E-state index is 0.0173. The van der Waals surface area contributed by atoms with Crippen molar-refractivity contribution in [2.24, 2.45) is 5.73 Å². The number of piperazine rings is 1. The van der Waals surface area contributed by atoms with E-state index in [1.807, 2.05) is 6.92 Å². The molecule has 8 heteroatoms. The normalized spacial score (nSPS) is 15.0. The van der Waals surface area contributed by atoms with Crippen molar-refractivity contribution in [1.29, 1.82) is 0 Å². The standard InChI is InChI=1S/C13H15ClN4O2S/c1-8-6-9(14)2-3-10(8)18-5-4-17(7-11(18)19)13(20)16-12(15)21/h2-3,6H,4-5,7H2,1H3,(H3,15,16,20,21). The Labute approximate surface area is 132 Å². The van der Waals surface area contributed by atoms with Crippen molar-refractivity contribution in [3.8, 4) is 0 Å². The number of aryl methyl sites for hydroxylation is 1. The molecule has 1 fully saturated rings. The van der Waals surface area contributed by atoms with Gasteiger partial charge in [0.1, 0.15) is 6.54 Å². The molecule has 0 aliphatic carbocycles. The summed E-state index contributed by atoms with van der Waals surface area (Å²) in [6, 6.07) is 4.89. The van der Waals surface area contributed by atoms with E-state index in [0.717, 1.165) is 11.3 Å². The highest BCUT2D eigenvalue weighted by molar-refractivity contribution is 7.80. The van der Waals surface area contributed by atoms with Crippen molar-refractivity contribution in [3.63, 3.8) is 0 Å². The predicted octanol–water partition coefficient (Wildman–Crippen LogP) is 1.25. The van der Waals surface area contributed by atoms with Gasteiger partial charge in [0.25, 0.3) is 0 Å². The van der Waals surface area contributed by atoms with E-state index in [1.54, 1.807) is 23.1 Å². The van der Waals surface area contributed by atoms with Gasteiger partial charge in [-0.25, -0.2) is 4.79 Å². The van der Waals surface area contributed by atoms with Crippen molar-refractivity contribution in [2.45, 2.75) is 6.92 Å². The summed E-state index contributed by atoms with van der Waals surface area (Å²) in [6.07, 6.45) is 0. The molecule has 0 bridgehead atoms. The van der Waals surface area contributed by atoms with E-state index >= 15 is 0 Å². The summed E-state index contributed by atoms with van der Waals surface area (Å²) in [6.45, 7) is 2.69. The minimum atomic E-state index is -0.455. The molecule has 0 unspecified atom stereocenters. The average molecular weight is 327 g/mol. The zero-order valence-electron chi connectivity index (χ0n) is 11.4. The lowest BCUT2D eigenvalue weighted by atomic mass is 10.1. The smallest absolute Gasteiger partial charge is 0.324 e. The van der Waals surface area contributed by atoms with Gasteiger partial charge < -0.3 is 15.5 Å². The van der Waals surface area contributed by atoms with E-state index in [-0.39, 0.29) is 17.6 Å². The van der Waals surface area contributed by atoms with Gasteiger partial charge in [-0.15, -0.1) is 0 Å². The lowest BCUT2D eigenvalue weighted by Gasteiger charge is -2.34. The van der Waals surface area contributed by atoms with Gasteiger partial charge in [-0.2, -0.15) is 0 Å². The van der Waals surface area contributed by atoms with E-state index in [4.69, 9.17) is 17.3 Å². The highest BCUT2D eigenvalue weighted by Crippen LogP contribution is 2.25. The zero-order chi connectivity index (χ0) is 15.6. The molecule has 1 saturated heterocycles. The number of anilines is 1. The van der Waals surface area contributed by atoms with Gasteiger partial charge >= 0.3 is 6.03 Å². The first-order valence-corrected chi connectivity index (χ1v) is 7.09. The highest BCUT2D eigenvalue weighted by atomic mass is 35.5. The fourth-order valence-electron chi connectivity index (χ4n) is 2.21. The van der Waals surface area contributed by atoms with Crippen LogP contribution in [-0.2, 0) is 4.79 Å². The average Bonchev–Trinajstić information content (AvgIpc) is 2.38. The molecular weight excluding hydrogens is 312 g/mol. The SMILES string of the molecule is Cc1cc(Cl)ccc1N1CCN(C(=O)NC(N)=S)CC1=O. The summed E-state index contributed by atoms with van der Waals surface area (Å²) in [5.41, 5.74) is 6.97. The van der Waals surface area contributed by atoms with Crippen LogP contribution in [0.15, 0.2) is 18.2 Å². The summed E-state index contributed by atoms with van der Waals surface area (Å²) in [5, 5.41) is 2.83. The van der Waals surface area contributed by atoms with Crippen LogP contribution in [0.25, 0.3) is 0 Å². The molecule has 2 rings (SSSR count). The maximum absolute atomic E-state index is 12.2. The van der Waals surface area contributed by atoms with Gasteiger partial charge in [0.15, 0.2) is 5.11 Å². The van der Waals surface area contributed by atoms with Crippen LogP contribution in [-0.4, -0.2) is 41.6 Å². The van der Waals surface area contributed by atoms with E-state index in [0.29, 0.717) is 18.1 Å². The molecule has 1 aromatic carbocycles. The van der Waals surface area contributed by atoms with Gasteiger partial charge in [0.2, 0.25) is 5.91 Å². The molecule has 112 valence electrons. The van der Waals surface area contributed by atoms with Crippen LogP contribution < -0.4 is 16.0 Å². The van der Waals surface area contributed by atoms with Gasteiger partial charge in [-0.05, 0) is 42.9 Å². The number of carbonyl (C=O) groups excluding carboxylic acids is 2. The quantitative estimate of drug-likeness (QED) is 0.761. The Morgan fingerprint density at radius 2 is 2.14 bits per heavy atom. The number of hydrogen-bond donors (Lipinski definition) is 2. The summed E-state index contributed by atoms with van der Waals surface area (Å²) in [5.74, 6) is -0.162. The van der Waals surface area contributed by atoms with Crippen LogP contribution in [0, 0.1) is 6.92 Å². The molecule has 3 N–H and O–H groups in total. The van der Waals surface area contributed by atoms with Crippen LogP contribution in [0.2, 0.25) is 5.02 Å². The number of benzene rings is 1. The third-order valence-electron chi connectivity index (χ3n) is 3.19. The number of hydrogen-bond acceptors (Lipinski definition) is 3. The van der Waals surface area contributed by atoms with Crippen molar-refractivity contribution in [1.82, 2.24) is 10.2 Å². The molecule has 6 nitrogen and oxygen atoms in total. The van der Waals surface area contributed by atoms with Crippen molar-refractivity contribution in [2.75, 3.05) is 24.5 Å². The fraction of sp³-hybridized carbons (Fsp3) is 0.308. The molecule has 1 aliphatic rings. The third kappa shape index (κ3) is 3.62. The Kier molecular flexibility index (Phi) is 4.64. The zero-order valence-corrected chi connectivity index (χ0v) is 13.0. The van der Waals surface area contributed by atoms with Gasteiger partial charge in [-0.1, -0.05) is 11.6 Å². The van der Waals surface area contributed by atoms with E-state index in [9.17, 15) is 9.59 Å². The predicted molar refractivity (Wildman–Crippen MR) is 85.4 cm³/mol. The second-order valence-electron chi connectivity index (χ2n) is 4.69. The molecule has 3 amide bonds. The number of halogens is 1. The van der Waals surface area contributed by atoms with Crippen molar-refractivity contribution in [3.05, 3.63) is 28.8 Å². The number of amides is 3. The van der Waals surface area contributed by atoms with Crippen molar-refractivity contribution < 1.29 is 9.59 Å². The molecule has 21 heavy (non-hydrogen) atoms. The number of thiocarbonyl (C=S) groups is 1. The molecule has 0 atom stereocenters. The van der Waals surface area contributed by atoms with Crippen LogP contribution in [0.5, 0.6) is 0 Å². The largest absolute Gasteiger partial charge is 0.376 e. The Hall–Kier alpha value is -1.86. The summed E-state index contributed by atoms with van der Waals surface area (Å²) < 4.78 is 0. The second-order valence-corrected chi connectivity index (χ2v) is 5.57. The van der Waals surface area contributed by atoms with Crippen LogP contribution in [0.1, 0.15) is 5.56 Å². The lowest BCUT2D eigenvalue weighted by molar-refractivity contribution is -0.120. The maximum Gasteiger partial charge on any atom is 0.324 e. The minimum Gasteiger partial charge on any atom is -0.376 e. The molecule has 0 saturated carbocycles. The molecule has 1 heterocycles. The van der Waals surface area contributed by atoms with Crippen LogP contribution in [0.3, 0.4) is 0 Å². The molecule has 0 spiro atoms. The molecular formula is C13H15ClN4O2S. The lowest BCUT2D eigenvalue weighted by Crippen LogP contribution is -2.56. The van der Waals surface area contributed by atoms with Crippen molar-refractivity contribution >= 4 is 46.6 Å². The van der Waals surface area contributed by atoms with Crippen LogP contribution in [0.4, 0.5) is 10.5 Å². The van der Waals surface area contributed by atoms with Crippen LogP contribution >= 0.6 is 23.8 Å². The second kappa shape index (κ2) is 6.28. The fourth-order valence-corrected chi connectivity index (χ4v) is 2.52. The molecule has 0 radical (unpaired) electrons. The number of rotatable bonds is 1. The third-order valence-corrected chi connectivity index (χ3v) is 3.52.